The van der Waals surface area contributed by atoms with Gasteiger partial charge in [-0.2, -0.15) is 5.10 Å². The van der Waals surface area contributed by atoms with Crippen molar-refractivity contribution in [1.29, 1.82) is 0 Å². The molecule has 2 N–H and O–H groups in total. The smallest absolute Gasteiger partial charge is 0.176 e. The van der Waals surface area contributed by atoms with Crippen molar-refractivity contribution in [1.82, 2.24) is 19.7 Å². The predicted molar refractivity (Wildman–Crippen MR) is 60.6 cm³/mol. The van der Waals surface area contributed by atoms with Crippen LogP contribution in [0.15, 0.2) is 18.2 Å². The van der Waals surface area contributed by atoms with Crippen molar-refractivity contribution in [2.24, 2.45) is 7.05 Å². The number of aryl methyl sites for hydroxylation is 1. The Kier molecular flexibility index (Phi) is 1.92. The number of nitrogens with zero attached hydrogens (tertiary/aromatic N) is 4. The number of aromatic nitrogens is 4. The molecule has 0 amide bonds. The van der Waals surface area contributed by atoms with E-state index in [0.29, 0.717) is 11.7 Å². The molecule has 1 aliphatic carbocycles. The zero-order valence-electron chi connectivity index (χ0n) is 9.09. The molecule has 0 saturated heterocycles. The van der Waals surface area contributed by atoms with Gasteiger partial charge in [0.1, 0.15) is 11.5 Å². The highest BCUT2D eigenvalue weighted by Crippen LogP contribution is 2.38. The van der Waals surface area contributed by atoms with Crippen LogP contribution in [-0.4, -0.2) is 19.7 Å². The summed E-state index contributed by atoms with van der Waals surface area (Å²) in [5.41, 5.74) is 6.44. The van der Waals surface area contributed by atoms with E-state index in [-0.39, 0.29) is 0 Å². The third-order valence-electron chi connectivity index (χ3n) is 2.72. The molecule has 82 valence electrons. The van der Waals surface area contributed by atoms with Gasteiger partial charge in [0.2, 0.25) is 0 Å². The van der Waals surface area contributed by atoms with Gasteiger partial charge in [-0.15, -0.1) is 0 Å². The lowest BCUT2D eigenvalue weighted by molar-refractivity contribution is 0.748. The number of hydrogen-bond donors (Lipinski definition) is 1. The molecule has 2 aromatic heterocycles. The minimum Gasteiger partial charge on any atom is -0.384 e. The largest absolute Gasteiger partial charge is 0.384 e. The van der Waals surface area contributed by atoms with Crippen LogP contribution in [0.2, 0.25) is 0 Å². The molecule has 5 nitrogen and oxygen atoms in total. The van der Waals surface area contributed by atoms with E-state index < -0.39 is 0 Å². The van der Waals surface area contributed by atoms with Gasteiger partial charge < -0.3 is 5.73 Å². The number of nitrogens with two attached hydrogens (primary N) is 1. The van der Waals surface area contributed by atoms with Crippen LogP contribution >= 0.6 is 0 Å². The zero-order chi connectivity index (χ0) is 11.1. The average molecular weight is 215 g/mol. The summed E-state index contributed by atoms with van der Waals surface area (Å²) in [6, 6.07) is 5.54. The van der Waals surface area contributed by atoms with E-state index in [9.17, 15) is 0 Å². The molecule has 3 rings (SSSR count). The number of anilines is 1. The molecule has 16 heavy (non-hydrogen) atoms. The van der Waals surface area contributed by atoms with Gasteiger partial charge in [0.05, 0.1) is 0 Å². The molecule has 1 fully saturated rings. The first-order valence-corrected chi connectivity index (χ1v) is 5.38. The van der Waals surface area contributed by atoms with E-state index in [0.717, 1.165) is 17.3 Å². The Morgan fingerprint density at radius 1 is 1.31 bits per heavy atom. The van der Waals surface area contributed by atoms with Crippen LogP contribution in [0.1, 0.15) is 24.6 Å². The Morgan fingerprint density at radius 3 is 2.81 bits per heavy atom. The molecule has 0 aliphatic heterocycles. The van der Waals surface area contributed by atoms with Gasteiger partial charge in [-0.1, -0.05) is 6.07 Å². The second-order valence-corrected chi connectivity index (χ2v) is 4.14. The quantitative estimate of drug-likeness (QED) is 0.820. The summed E-state index contributed by atoms with van der Waals surface area (Å²) in [5.74, 6) is 2.78. The zero-order valence-corrected chi connectivity index (χ0v) is 9.09. The van der Waals surface area contributed by atoms with Crippen LogP contribution in [-0.2, 0) is 7.05 Å². The first kappa shape index (κ1) is 9.33. The molecular formula is C11H13N5. The number of hydrogen-bond acceptors (Lipinski definition) is 4. The molecule has 5 heteroatoms. The first-order valence-electron chi connectivity index (χ1n) is 5.38. The van der Waals surface area contributed by atoms with Crippen molar-refractivity contribution in [3.63, 3.8) is 0 Å². The number of pyridine rings is 1. The fraction of sp³-hybridized carbons (Fsp3) is 0.364. The first-order chi connectivity index (χ1) is 7.74. The molecular weight excluding hydrogens is 202 g/mol. The van der Waals surface area contributed by atoms with Crippen LogP contribution < -0.4 is 5.73 Å². The van der Waals surface area contributed by atoms with Crippen molar-refractivity contribution in [3.8, 4) is 11.5 Å². The molecule has 0 atom stereocenters. The Bertz CT molecular complexity index is 527. The van der Waals surface area contributed by atoms with Crippen LogP contribution in [0, 0.1) is 0 Å². The summed E-state index contributed by atoms with van der Waals surface area (Å²) in [5, 5.41) is 4.40. The van der Waals surface area contributed by atoms with Gasteiger partial charge in [-0.05, 0) is 25.0 Å². The average Bonchev–Trinajstić information content (AvgIpc) is 3.02. The van der Waals surface area contributed by atoms with Crippen LogP contribution in [0.5, 0.6) is 0 Å². The summed E-state index contributed by atoms with van der Waals surface area (Å²) in [7, 11) is 1.89. The minimum atomic E-state index is 0.508. The molecule has 2 aromatic rings. The number of rotatable bonds is 2. The van der Waals surface area contributed by atoms with Gasteiger partial charge >= 0.3 is 0 Å². The van der Waals surface area contributed by atoms with Crippen molar-refractivity contribution in [2.45, 2.75) is 18.8 Å². The second kappa shape index (κ2) is 3.30. The van der Waals surface area contributed by atoms with E-state index in [2.05, 4.69) is 15.1 Å². The Labute approximate surface area is 93.3 Å². The summed E-state index contributed by atoms with van der Waals surface area (Å²) >= 11 is 0. The molecule has 1 aliphatic rings. The standard InChI is InChI=1S/C11H13N5/c1-16-11(8-3-2-4-9(12)13-8)14-10(15-16)7-5-6-7/h2-4,7H,5-6H2,1H3,(H2,12,13). The van der Waals surface area contributed by atoms with Gasteiger partial charge in [0, 0.05) is 13.0 Å². The van der Waals surface area contributed by atoms with E-state index in [1.54, 1.807) is 10.7 Å². The predicted octanol–water partition coefficient (Wildman–Crippen LogP) is 1.34. The van der Waals surface area contributed by atoms with Gasteiger partial charge in [-0.3, -0.25) is 0 Å². The lowest BCUT2D eigenvalue weighted by atomic mass is 10.3. The third kappa shape index (κ3) is 1.54. The van der Waals surface area contributed by atoms with Gasteiger partial charge in [0.25, 0.3) is 0 Å². The minimum absolute atomic E-state index is 0.508. The summed E-state index contributed by atoms with van der Waals surface area (Å²) in [4.78, 5) is 8.77. The fourth-order valence-corrected chi connectivity index (χ4v) is 1.72. The molecule has 0 bridgehead atoms. The summed E-state index contributed by atoms with van der Waals surface area (Å²) in [6.07, 6.45) is 2.40. The lowest BCUT2D eigenvalue weighted by Crippen LogP contribution is -1.98. The van der Waals surface area contributed by atoms with E-state index in [1.807, 2.05) is 19.2 Å². The van der Waals surface area contributed by atoms with E-state index in [4.69, 9.17) is 5.73 Å². The lowest BCUT2D eigenvalue weighted by Gasteiger charge is -1.99. The second-order valence-electron chi connectivity index (χ2n) is 4.14. The Hall–Kier alpha value is -1.91. The van der Waals surface area contributed by atoms with Crippen LogP contribution in [0.3, 0.4) is 0 Å². The van der Waals surface area contributed by atoms with Crippen molar-refractivity contribution < 1.29 is 0 Å². The van der Waals surface area contributed by atoms with Crippen LogP contribution in [0.25, 0.3) is 11.5 Å². The maximum atomic E-state index is 5.66. The fourth-order valence-electron chi connectivity index (χ4n) is 1.72. The SMILES string of the molecule is Cn1nc(C2CC2)nc1-c1cccc(N)n1. The van der Waals surface area contributed by atoms with E-state index >= 15 is 0 Å². The van der Waals surface area contributed by atoms with E-state index in [1.165, 1.54) is 12.8 Å². The molecule has 0 unspecified atom stereocenters. The van der Waals surface area contributed by atoms with Crippen LogP contribution in [0.4, 0.5) is 5.82 Å². The van der Waals surface area contributed by atoms with Crippen molar-refractivity contribution >= 4 is 5.82 Å². The topological polar surface area (TPSA) is 69.6 Å². The van der Waals surface area contributed by atoms with Gasteiger partial charge in [0.15, 0.2) is 11.6 Å². The number of nitrogen functional groups attached to an aromatic ring is 1. The highest BCUT2D eigenvalue weighted by Gasteiger charge is 2.28. The highest BCUT2D eigenvalue weighted by molar-refractivity contribution is 5.52. The molecule has 0 spiro atoms. The molecule has 2 heterocycles. The molecule has 0 radical (unpaired) electrons. The third-order valence-corrected chi connectivity index (χ3v) is 2.72. The van der Waals surface area contributed by atoms with Gasteiger partial charge in [-0.25, -0.2) is 14.6 Å². The summed E-state index contributed by atoms with van der Waals surface area (Å²) < 4.78 is 1.77. The normalized spacial score (nSPS) is 15.3. The van der Waals surface area contributed by atoms with Crippen molar-refractivity contribution in [2.75, 3.05) is 5.73 Å². The Balaban J connectivity index is 2.04. The Morgan fingerprint density at radius 2 is 2.12 bits per heavy atom. The maximum Gasteiger partial charge on any atom is 0.176 e. The maximum absolute atomic E-state index is 5.66. The molecule has 0 aromatic carbocycles. The highest BCUT2D eigenvalue weighted by atomic mass is 15.3. The monoisotopic (exact) mass is 215 g/mol. The summed E-state index contributed by atoms with van der Waals surface area (Å²) in [6.45, 7) is 0. The molecule has 1 saturated carbocycles. The van der Waals surface area contributed by atoms with Crippen molar-refractivity contribution in [3.05, 3.63) is 24.0 Å².